The van der Waals surface area contributed by atoms with E-state index in [4.69, 9.17) is 9.47 Å². The van der Waals surface area contributed by atoms with E-state index in [1.807, 2.05) is 6.08 Å². The number of unbranched alkanes of at least 4 members (excludes halogenated alkanes) is 34. The molecule has 1 fully saturated rings. The quantitative estimate of drug-likeness (QED) is 0.0261. The first-order chi connectivity index (χ1) is 38.3. The first kappa shape index (κ1) is 73.4. The molecule has 1 amide bonds. The Balaban J connectivity index is 2.08. The van der Waals surface area contributed by atoms with Crippen LogP contribution in [0.2, 0.25) is 0 Å². The maximum atomic E-state index is 13.1. The molecule has 78 heavy (non-hydrogen) atoms. The van der Waals surface area contributed by atoms with Gasteiger partial charge in [-0.05, 0) is 70.6 Å². The molecule has 0 aromatic rings. The minimum Gasteiger partial charge on any atom is -0.394 e. The van der Waals surface area contributed by atoms with Gasteiger partial charge in [0.2, 0.25) is 5.91 Å². The number of ether oxygens (including phenoxy) is 2. The summed E-state index contributed by atoms with van der Waals surface area (Å²) in [5, 5.41) is 54.6. The molecule has 0 aromatic carbocycles. The Morgan fingerprint density at radius 1 is 0.449 bits per heavy atom. The van der Waals surface area contributed by atoms with E-state index in [9.17, 15) is 30.3 Å². The summed E-state index contributed by atoms with van der Waals surface area (Å²) in [4.78, 5) is 13.1. The third-order valence-corrected chi connectivity index (χ3v) is 15.2. The number of carbonyl (C=O) groups is 1. The first-order valence-corrected chi connectivity index (χ1v) is 32.8. The predicted molar refractivity (Wildman–Crippen MR) is 332 cm³/mol. The molecule has 1 rings (SSSR count). The topological polar surface area (TPSA) is 149 Å². The summed E-state index contributed by atoms with van der Waals surface area (Å²) in [6, 6.07) is -0.806. The molecule has 6 N–H and O–H groups in total. The van der Waals surface area contributed by atoms with Gasteiger partial charge in [-0.1, -0.05) is 298 Å². The first-order valence-electron chi connectivity index (χ1n) is 32.8. The smallest absolute Gasteiger partial charge is 0.220 e. The highest BCUT2D eigenvalue weighted by Crippen LogP contribution is 2.23. The molecule has 452 valence electrons. The van der Waals surface area contributed by atoms with E-state index in [0.717, 1.165) is 77.0 Å². The summed E-state index contributed by atoms with van der Waals surface area (Å²) in [7, 11) is 0. The van der Waals surface area contributed by atoms with Gasteiger partial charge in [-0.3, -0.25) is 4.79 Å². The minimum atomic E-state index is -1.57. The zero-order chi connectivity index (χ0) is 56.5. The van der Waals surface area contributed by atoms with Crippen LogP contribution < -0.4 is 5.32 Å². The maximum Gasteiger partial charge on any atom is 0.220 e. The van der Waals surface area contributed by atoms with Crippen molar-refractivity contribution in [2.45, 2.75) is 333 Å². The van der Waals surface area contributed by atoms with Crippen LogP contribution >= 0.6 is 0 Å². The Hall–Kier alpha value is -2.63. The maximum absolute atomic E-state index is 13.1. The number of allylic oxidation sites excluding steroid dienone is 13. The number of nitrogens with one attached hydrogen (secondary N) is 1. The fraction of sp³-hybridized carbons (Fsp3) is 0.783. The van der Waals surface area contributed by atoms with E-state index in [0.29, 0.717) is 6.42 Å². The van der Waals surface area contributed by atoms with Gasteiger partial charge in [0.1, 0.15) is 24.4 Å². The molecule has 7 atom stereocenters. The fourth-order valence-corrected chi connectivity index (χ4v) is 10.1. The number of carbonyl (C=O) groups excluding carboxylic acids is 1. The van der Waals surface area contributed by atoms with Gasteiger partial charge in [0.05, 0.1) is 25.4 Å². The highest BCUT2D eigenvalue weighted by atomic mass is 16.7. The van der Waals surface area contributed by atoms with Crippen LogP contribution in [-0.4, -0.2) is 87.5 Å². The molecule has 1 heterocycles. The second kappa shape index (κ2) is 57.6. The van der Waals surface area contributed by atoms with Gasteiger partial charge < -0.3 is 40.3 Å². The lowest BCUT2D eigenvalue weighted by atomic mass is 9.99. The third-order valence-electron chi connectivity index (χ3n) is 15.2. The van der Waals surface area contributed by atoms with Crippen molar-refractivity contribution < 1.29 is 39.8 Å². The molecule has 0 spiro atoms. The van der Waals surface area contributed by atoms with Crippen molar-refractivity contribution in [3.8, 4) is 0 Å². The van der Waals surface area contributed by atoms with Crippen LogP contribution in [0.1, 0.15) is 290 Å². The van der Waals surface area contributed by atoms with Crippen molar-refractivity contribution >= 4 is 5.91 Å². The number of aliphatic hydroxyl groups is 5. The summed E-state index contributed by atoms with van der Waals surface area (Å²) >= 11 is 0. The van der Waals surface area contributed by atoms with Crippen molar-refractivity contribution in [2.75, 3.05) is 13.2 Å². The van der Waals surface area contributed by atoms with Crippen LogP contribution in [0.15, 0.2) is 85.1 Å². The van der Waals surface area contributed by atoms with Crippen LogP contribution in [0, 0.1) is 0 Å². The number of aliphatic hydroxyl groups excluding tert-OH is 5. The summed E-state index contributed by atoms with van der Waals surface area (Å²) in [6.45, 7) is 3.68. The van der Waals surface area contributed by atoms with Gasteiger partial charge >= 0.3 is 0 Å². The zero-order valence-corrected chi connectivity index (χ0v) is 50.4. The Labute approximate surface area is 480 Å². The second-order valence-corrected chi connectivity index (χ2v) is 22.5. The molecule has 0 bridgehead atoms. The SMILES string of the molecule is CC/C=C\C/C=C\C/C=C\C/C=C\C/C=C\C/C=C\CCCCCCCCCCCCCCCCCCCCCCC(=O)NC(COC1OC(CO)C(O)C(O)C1O)C(O)/C=C/CCCCCCCCCCCCCCCC. The zero-order valence-electron chi connectivity index (χ0n) is 50.4. The minimum absolute atomic E-state index is 0.175. The van der Waals surface area contributed by atoms with Gasteiger partial charge in [-0.15, -0.1) is 0 Å². The van der Waals surface area contributed by atoms with Crippen molar-refractivity contribution in [3.63, 3.8) is 0 Å². The standard InChI is InChI=1S/C69H123NO8/c1-3-5-7-9-11-13-15-17-19-21-22-23-24-25-26-27-28-29-30-31-32-33-34-35-36-37-38-39-40-41-42-43-45-47-49-51-53-55-57-59-65(73)70-62(61-77-69-68(76)67(75)66(74)64(60-71)78-69)63(72)58-56-54-52-50-48-46-44-20-18-16-14-12-10-8-6-4-2/h5,7,11,13,17,19,22-23,25-26,28-29,56,58,62-64,66-69,71-72,74-76H,3-4,6,8-10,12,14-16,18,20-21,24,27,30-55,57,59-61H2,1-2H3,(H,70,73)/b7-5-,13-11-,19-17-,23-22-,26-25-,29-28-,58-56+. The lowest BCUT2D eigenvalue weighted by Gasteiger charge is -2.40. The molecule has 9 heteroatoms. The molecular formula is C69H123NO8. The summed E-state index contributed by atoms with van der Waals surface area (Å²) < 4.78 is 11.3. The van der Waals surface area contributed by atoms with E-state index in [1.54, 1.807) is 6.08 Å². The van der Waals surface area contributed by atoms with Gasteiger partial charge in [-0.2, -0.15) is 0 Å². The normalized spacial score (nSPS) is 19.2. The van der Waals surface area contributed by atoms with E-state index < -0.39 is 49.5 Å². The molecule has 0 saturated carbocycles. The summed E-state index contributed by atoms with van der Waals surface area (Å²) in [6.07, 6.45) is 75.3. The molecule has 7 unspecified atom stereocenters. The Kier molecular flexibility index (Phi) is 54.2. The van der Waals surface area contributed by atoms with E-state index in [-0.39, 0.29) is 12.5 Å². The van der Waals surface area contributed by atoms with E-state index in [1.165, 1.54) is 193 Å². The molecule has 0 aromatic heterocycles. The third kappa shape index (κ3) is 46.0. The molecule has 0 radical (unpaired) electrons. The van der Waals surface area contributed by atoms with Gasteiger partial charge in [0.15, 0.2) is 6.29 Å². The molecule has 1 saturated heterocycles. The number of amides is 1. The highest BCUT2D eigenvalue weighted by Gasteiger charge is 2.44. The number of hydrogen-bond acceptors (Lipinski definition) is 8. The van der Waals surface area contributed by atoms with Crippen LogP contribution in [0.25, 0.3) is 0 Å². The molecule has 1 aliphatic rings. The van der Waals surface area contributed by atoms with Crippen LogP contribution in [0.5, 0.6) is 0 Å². The van der Waals surface area contributed by atoms with Crippen molar-refractivity contribution in [1.82, 2.24) is 5.32 Å². The Morgan fingerprint density at radius 3 is 1.18 bits per heavy atom. The monoisotopic (exact) mass is 1090 g/mol. The summed E-state index contributed by atoms with van der Waals surface area (Å²) in [5.74, 6) is -0.175. The summed E-state index contributed by atoms with van der Waals surface area (Å²) in [5.41, 5.74) is 0. The lowest BCUT2D eigenvalue weighted by Crippen LogP contribution is -2.60. The Morgan fingerprint density at radius 2 is 0.795 bits per heavy atom. The van der Waals surface area contributed by atoms with Gasteiger partial charge in [-0.25, -0.2) is 0 Å². The highest BCUT2D eigenvalue weighted by molar-refractivity contribution is 5.76. The van der Waals surface area contributed by atoms with Crippen molar-refractivity contribution in [3.05, 3.63) is 85.1 Å². The fourth-order valence-electron chi connectivity index (χ4n) is 10.1. The molecule has 1 aliphatic heterocycles. The molecule has 0 aliphatic carbocycles. The van der Waals surface area contributed by atoms with E-state index >= 15 is 0 Å². The van der Waals surface area contributed by atoms with Gasteiger partial charge in [0.25, 0.3) is 0 Å². The number of rotatable bonds is 56. The van der Waals surface area contributed by atoms with Crippen LogP contribution in [0.4, 0.5) is 0 Å². The number of hydrogen-bond donors (Lipinski definition) is 6. The average molecular weight is 1090 g/mol. The van der Waals surface area contributed by atoms with Crippen molar-refractivity contribution in [2.24, 2.45) is 0 Å². The largest absolute Gasteiger partial charge is 0.394 e. The van der Waals surface area contributed by atoms with Crippen molar-refractivity contribution in [1.29, 1.82) is 0 Å². The molecular weight excluding hydrogens is 971 g/mol. The molecule has 9 nitrogen and oxygen atoms in total. The average Bonchev–Trinajstić information content (AvgIpc) is 3.45. The van der Waals surface area contributed by atoms with Gasteiger partial charge in [0, 0.05) is 6.42 Å². The lowest BCUT2D eigenvalue weighted by molar-refractivity contribution is -0.302. The predicted octanol–water partition coefficient (Wildman–Crippen LogP) is 17.4. The van der Waals surface area contributed by atoms with Crippen LogP contribution in [-0.2, 0) is 14.3 Å². The van der Waals surface area contributed by atoms with Crippen LogP contribution in [0.3, 0.4) is 0 Å². The Bertz CT molecular complexity index is 1500. The second-order valence-electron chi connectivity index (χ2n) is 22.5. The van der Waals surface area contributed by atoms with E-state index in [2.05, 4.69) is 92.1 Å².